The summed E-state index contributed by atoms with van der Waals surface area (Å²) >= 11 is 2.31. The summed E-state index contributed by atoms with van der Waals surface area (Å²) in [4.78, 5) is 2.24. The zero-order valence-corrected chi connectivity index (χ0v) is 9.64. The maximum absolute atomic E-state index is 2.31. The number of halogens is 1. The van der Waals surface area contributed by atoms with Crippen molar-refractivity contribution in [1.29, 1.82) is 0 Å². The van der Waals surface area contributed by atoms with Crippen molar-refractivity contribution in [3.63, 3.8) is 0 Å². The van der Waals surface area contributed by atoms with E-state index in [2.05, 4.69) is 65.9 Å². The van der Waals surface area contributed by atoms with Crippen LogP contribution >= 0.6 is 22.9 Å². The van der Waals surface area contributed by atoms with Gasteiger partial charge in [0.25, 0.3) is 0 Å². The van der Waals surface area contributed by atoms with Crippen LogP contribution in [0.2, 0.25) is 0 Å². The molecule has 0 aromatic carbocycles. The summed E-state index contributed by atoms with van der Waals surface area (Å²) in [5, 5.41) is 0. The van der Waals surface area contributed by atoms with Crippen LogP contribution in [0.5, 0.6) is 0 Å². The van der Waals surface area contributed by atoms with Crippen LogP contribution in [0.15, 0.2) is 0 Å². The zero-order chi connectivity index (χ0) is 8.36. The van der Waals surface area contributed by atoms with Crippen LogP contribution in [0.4, 0.5) is 0 Å². The summed E-state index contributed by atoms with van der Waals surface area (Å²) in [7, 11) is 6.31. The second-order valence-electron chi connectivity index (χ2n) is 3.47. The van der Waals surface area contributed by atoms with Crippen LogP contribution in [0.25, 0.3) is 0 Å². The molecule has 62 valence electrons. The highest BCUT2D eigenvalue weighted by atomic mass is 127. The minimum atomic E-state index is 0.274. The van der Waals surface area contributed by atoms with Gasteiger partial charge in [-0.25, -0.2) is 3.11 Å². The molecule has 0 unspecified atom stereocenters. The first kappa shape index (κ1) is 10.7. The monoisotopic (exact) mass is 256 g/mol. The third kappa shape index (κ3) is 3.73. The van der Waals surface area contributed by atoms with Crippen molar-refractivity contribution in [3.8, 4) is 0 Å². The van der Waals surface area contributed by atoms with Gasteiger partial charge in [0, 0.05) is 34.9 Å². The average molecular weight is 256 g/mol. The largest absolute Gasteiger partial charge is 0.303 e. The molecular weight excluding hydrogens is 239 g/mol. The van der Waals surface area contributed by atoms with Gasteiger partial charge in [0.15, 0.2) is 0 Å². The smallest absolute Gasteiger partial charge is 0.0282 e. The molecule has 3 heteroatoms. The highest BCUT2D eigenvalue weighted by molar-refractivity contribution is 14.1. The third-order valence-corrected chi connectivity index (χ3v) is 2.16. The standard InChI is InChI=1S/C7H17IN2/c1-7(2,9(3)4)6-10(5)8/h6H2,1-5H3. The molecule has 0 aliphatic carbocycles. The van der Waals surface area contributed by atoms with E-state index in [4.69, 9.17) is 0 Å². The molecule has 0 N–H and O–H groups in total. The Hall–Kier alpha value is 0.650. The van der Waals surface area contributed by atoms with Crippen LogP contribution in [0.3, 0.4) is 0 Å². The number of hydrogen-bond donors (Lipinski definition) is 0. The number of hydrogen-bond acceptors (Lipinski definition) is 2. The van der Waals surface area contributed by atoms with E-state index < -0.39 is 0 Å². The molecule has 0 saturated heterocycles. The molecule has 0 spiro atoms. The number of nitrogens with zero attached hydrogens (tertiary/aromatic N) is 2. The van der Waals surface area contributed by atoms with E-state index in [1.807, 2.05) is 0 Å². The molecule has 10 heavy (non-hydrogen) atoms. The van der Waals surface area contributed by atoms with E-state index in [0.29, 0.717) is 0 Å². The van der Waals surface area contributed by atoms with Gasteiger partial charge in [-0.2, -0.15) is 0 Å². The van der Waals surface area contributed by atoms with Gasteiger partial charge in [0.1, 0.15) is 0 Å². The van der Waals surface area contributed by atoms with Crippen molar-refractivity contribution >= 4 is 22.9 Å². The zero-order valence-electron chi connectivity index (χ0n) is 7.48. The summed E-state index contributed by atoms with van der Waals surface area (Å²) in [5.74, 6) is 0. The Balaban J connectivity index is 3.87. The van der Waals surface area contributed by atoms with Crippen molar-refractivity contribution in [1.82, 2.24) is 8.01 Å². The van der Waals surface area contributed by atoms with Gasteiger partial charge in [-0.15, -0.1) is 0 Å². The Morgan fingerprint density at radius 3 is 1.70 bits per heavy atom. The molecule has 0 amide bonds. The normalized spacial score (nSPS) is 13.2. The van der Waals surface area contributed by atoms with Gasteiger partial charge in [-0.3, -0.25) is 0 Å². The van der Waals surface area contributed by atoms with E-state index in [1.54, 1.807) is 0 Å². The van der Waals surface area contributed by atoms with Crippen LogP contribution < -0.4 is 0 Å². The molecule has 0 rings (SSSR count). The summed E-state index contributed by atoms with van der Waals surface area (Å²) < 4.78 is 2.18. The van der Waals surface area contributed by atoms with Gasteiger partial charge < -0.3 is 4.90 Å². The maximum Gasteiger partial charge on any atom is 0.0282 e. The summed E-state index contributed by atoms with van der Waals surface area (Å²) in [6, 6.07) is 0. The van der Waals surface area contributed by atoms with Crippen LogP contribution in [-0.4, -0.2) is 41.2 Å². The Bertz CT molecular complexity index is 99.8. The maximum atomic E-state index is 2.31. The van der Waals surface area contributed by atoms with Gasteiger partial charge in [-0.05, 0) is 35.0 Å². The molecule has 0 saturated carbocycles. The quantitative estimate of drug-likeness (QED) is 0.559. The molecule has 0 fully saturated rings. The minimum absolute atomic E-state index is 0.274. The van der Waals surface area contributed by atoms with Gasteiger partial charge in [0.05, 0.1) is 0 Å². The molecule has 2 nitrogen and oxygen atoms in total. The first-order chi connectivity index (χ1) is 4.36. The second-order valence-corrected chi connectivity index (χ2v) is 5.12. The van der Waals surface area contributed by atoms with Gasteiger partial charge in [0.2, 0.25) is 0 Å². The molecule has 0 aliphatic heterocycles. The van der Waals surface area contributed by atoms with Crippen LogP contribution in [0.1, 0.15) is 13.8 Å². The Morgan fingerprint density at radius 1 is 1.20 bits per heavy atom. The fourth-order valence-electron chi connectivity index (χ4n) is 0.675. The average Bonchev–Trinajstić information content (AvgIpc) is 1.60. The number of rotatable bonds is 3. The lowest BCUT2D eigenvalue weighted by Gasteiger charge is -2.34. The first-order valence-corrected chi connectivity index (χ1v) is 4.37. The molecule has 0 bridgehead atoms. The summed E-state index contributed by atoms with van der Waals surface area (Å²) in [5.41, 5.74) is 0.274. The van der Waals surface area contributed by atoms with E-state index in [-0.39, 0.29) is 5.54 Å². The molecule has 0 aromatic rings. The van der Waals surface area contributed by atoms with E-state index in [0.717, 1.165) is 6.54 Å². The van der Waals surface area contributed by atoms with Crippen LogP contribution in [-0.2, 0) is 0 Å². The van der Waals surface area contributed by atoms with Crippen LogP contribution in [0, 0.1) is 0 Å². The molecule has 0 atom stereocenters. The molecule has 0 aliphatic rings. The van der Waals surface area contributed by atoms with Crippen molar-refractivity contribution in [3.05, 3.63) is 0 Å². The van der Waals surface area contributed by atoms with Crippen molar-refractivity contribution < 1.29 is 0 Å². The SMILES string of the molecule is CN(I)CC(C)(C)N(C)C. The van der Waals surface area contributed by atoms with Crippen molar-refractivity contribution in [2.45, 2.75) is 19.4 Å². The summed E-state index contributed by atoms with van der Waals surface area (Å²) in [6.07, 6.45) is 0. The second kappa shape index (κ2) is 3.88. The lowest BCUT2D eigenvalue weighted by atomic mass is 10.1. The van der Waals surface area contributed by atoms with Gasteiger partial charge in [-0.1, -0.05) is 0 Å². The fraction of sp³-hybridized carbons (Fsp3) is 1.00. The lowest BCUT2D eigenvalue weighted by molar-refractivity contribution is 0.176. The first-order valence-electron chi connectivity index (χ1n) is 3.40. The topological polar surface area (TPSA) is 6.48 Å². The van der Waals surface area contributed by atoms with E-state index >= 15 is 0 Å². The van der Waals surface area contributed by atoms with Crippen molar-refractivity contribution in [2.24, 2.45) is 0 Å². The lowest BCUT2D eigenvalue weighted by Crippen LogP contribution is -2.44. The summed E-state index contributed by atoms with van der Waals surface area (Å²) in [6.45, 7) is 5.56. The highest BCUT2D eigenvalue weighted by Crippen LogP contribution is 2.12. The molecular formula is C7H17IN2. The molecule has 0 radical (unpaired) electrons. The Labute approximate surface area is 78.1 Å². The van der Waals surface area contributed by atoms with E-state index in [1.165, 1.54) is 0 Å². The predicted molar refractivity (Wildman–Crippen MR) is 54.4 cm³/mol. The third-order valence-electron chi connectivity index (χ3n) is 1.82. The fourth-order valence-corrected chi connectivity index (χ4v) is 1.51. The number of likely N-dealkylation sites (N-methyl/N-ethyl adjacent to an activating group) is 2. The van der Waals surface area contributed by atoms with Gasteiger partial charge >= 0.3 is 0 Å². The minimum Gasteiger partial charge on any atom is -0.303 e. The predicted octanol–water partition coefficient (Wildman–Crippen LogP) is 1.61. The van der Waals surface area contributed by atoms with Crippen molar-refractivity contribution in [2.75, 3.05) is 27.7 Å². The Morgan fingerprint density at radius 2 is 1.60 bits per heavy atom. The molecule has 0 aromatic heterocycles. The highest BCUT2D eigenvalue weighted by Gasteiger charge is 2.20. The van der Waals surface area contributed by atoms with E-state index in [9.17, 15) is 0 Å². The Kier molecular flexibility index (Phi) is 4.13. The molecule has 0 heterocycles.